The lowest BCUT2D eigenvalue weighted by molar-refractivity contribution is 0.189. The molecular weight excluding hydrogens is 157 g/mol. The van der Waals surface area contributed by atoms with Gasteiger partial charge in [-0.2, -0.15) is 0 Å². The SMILES string of the molecule is Fc1ccc([C@@H]2COCN2)cc1. The van der Waals surface area contributed by atoms with Crippen molar-refractivity contribution >= 4 is 0 Å². The van der Waals surface area contributed by atoms with Crippen LogP contribution in [0.5, 0.6) is 0 Å². The third-order valence-electron chi connectivity index (χ3n) is 1.99. The van der Waals surface area contributed by atoms with E-state index in [1.165, 1.54) is 12.1 Å². The highest BCUT2D eigenvalue weighted by atomic mass is 19.1. The van der Waals surface area contributed by atoms with Crippen LogP contribution < -0.4 is 5.32 Å². The van der Waals surface area contributed by atoms with Gasteiger partial charge in [0.25, 0.3) is 0 Å². The summed E-state index contributed by atoms with van der Waals surface area (Å²) in [6, 6.07) is 6.72. The zero-order valence-electron chi connectivity index (χ0n) is 6.59. The molecule has 1 atom stereocenters. The van der Waals surface area contributed by atoms with E-state index in [2.05, 4.69) is 5.32 Å². The van der Waals surface area contributed by atoms with E-state index >= 15 is 0 Å². The number of hydrogen-bond acceptors (Lipinski definition) is 2. The predicted molar refractivity (Wildman–Crippen MR) is 43.1 cm³/mol. The maximum atomic E-state index is 12.5. The Kier molecular flexibility index (Phi) is 2.06. The third-order valence-corrected chi connectivity index (χ3v) is 1.99. The molecule has 1 aromatic carbocycles. The fourth-order valence-electron chi connectivity index (χ4n) is 1.30. The molecule has 0 aromatic heterocycles. The molecule has 1 aliphatic heterocycles. The van der Waals surface area contributed by atoms with E-state index in [0.717, 1.165) is 5.56 Å². The summed E-state index contributed by atoms with van der Waals surface area (Å²) in [5.41, 5.74) is 1.08. The summed E-state index contributed by atoms with van der Waals surface area (Å²) in [6.45, 7) is 1.26. The minimum Gasteiger partial charge on any atom is -0.364 e. The van der Waals surface area contributed by atoms with Crippen LogP contribution in [-0.4, -0.2) is 13.3 Å². The van der Waals surface area contributed by atoms with Gasteiger partial charge in [-0.1, -0.05) is 12.1 Å². The Bertz CT molecular complexity index is 254. The van der Waals surface area contributed by atoms with E-state index in [-0.39, 0.29) is 11.9 Å². The predicted octanol–water partition coefficient (Wildman–Crippen LogP) is 1.44. The normalized spacial score (nSPS) is 22.9. The van der Waals surface area contributed by atoms with Crippen molar-refractivity contribution in [3.8, 4) is 0 Å². The molecule has 3 heteroatoms. The molecule has 1 aliphatic rings. The summed E-state index contributed by atoms with van der Waals surface area (Å²) < 4.78 is 17.7. The number of ether oxygens (including phenoxy) is 1. The van der Waals surface area contributed by atoms with Gasteiger partial charge in [-0.3, -0.25) is 5.32 Å². The molecule has 1 heterocycles. The summed E-state index contributed by atoms with van der Waals surface area (Å²) in [7, 11) is 0. The second kappa shape index (κ2) is 3.21. The summed E-state index contributed by atoms with van der Waals surface area (Å²) in [6.07, 6.45) is 0. The molecule has 1 saturated heterocycles. The summed E-state index contributed by atoms with van der Waals surface area (Å²) >= 11 is 0. The highest BCUT2D eigenvalue weighted by Gasteiger charge is 2.15. The van der Waals surface area contributed by atoms with Crippen LogP contribution in [-0.2, 0) is 4.74 Å². The van der Waals surface area contributed by atoms with Gasteiger partial charge in [0.05, 0.1) is 19.4 Å². The first-order chi connectivity index (χ1) is 5.86. The number of halogens is 1. The molecule has 64 valence electrons. The zero-order chi connectivity index (χ0) is 8.39. The quantitative estimate of drug-likeness (QED) is 0.683. The van der Waals surface area contributed by atoms with Crippen molar-refractivity contribution in [2.24, 2.45) is 0 Å². The standard InChI is InChI=1S/C9H10FNO/c10-8-3-1-7(2-4-8)9-5-12-6-11-9/h1-4,9,11H,5-6H2/t9-/m0/s1. The first-order valence-corrected chi connectivity index (χ1v) is 3.93. The average Bonchev–Trinajstić information content (AvgIpc) is 2.58. The van der Waals surface area contributed by atoms with Crippen molar-refractivity contribution in [3.05, 3.63) is 35.6 Å². The second-order valence-electron chi connectivity index (χ2n) is 2.82. The Morgan fingerprint density at radius 3 is 2.67 bits per heavy atom. The van der Waals surface area contributed by atoms with Crippen LogP contribution in [0.1, 0.15) is 11.6 Å². The molecule has 0 amide bonds. The third kappa shape index (κ3) is 1.47. The summed E-state index contributed by atoms with van der Waals surface area (Å²) in [5, 5.41) is 3.15. The van der Waals surface area contributed by atoms with Gasteiger partial charge in [0, 0.05) is 0 Å². The average molecular weight is 167 g/mol. The van der Waals surface area contributed by atoms with Crippen LogP contribution >= 0.6 is 0 Å². The minimum absolute atomic E-state index is 0.197. The lowest BCUT2D eigenvalue weighted by atomic mass is 10.1. The van der Waals surface area contributed by atoms with E-state index in [0.29, 0.717) is 13.3 Å². The van der Waals surface area contributed by atoms with Crippen molar-refractivity contribution < 1.29 is 9.13 Å². The Balaban J connectivity index is 2.17. The van der Waals surface area contributed by atoms with Crippen LogP contribution in [0.4, 0.5) is 4.39 Å². The minimum atomic E-state index is -0.197. The van der Waals surface area contributed by atoms with Crippen molar-refractivity contribution in [2.45, 2.75) is 6.04 Å². The molecular formula is C9H10FNO. The monoisotopic (exact) mass is 167 g/mol. The first-order valence-electron chi connectivity index (χ1n) is 3.93. The van der Waals surface area contributed by atoms with E-state index in [1.807, 2.05) is 0 Å². The van der Waals surface area contributed by atoms with E-state index in [9.17, 15) is 4.39 Å². The van der Waals surface area contributed by atoms with E-state index in [4.69, 9.17) is 4.74 Å². The molecule has 0 bridgehead atoms. The van der Waals surface area contributed by atoms with Gasteiger partial charge in [-0.25, -0.2) is 4.39 Å². The maximum absolute atomic E-state index is 12.5. The molecule has 0 saturated carbocycles. The first kappa shape index (κ1) is 7.71. The van der Waals surface area contributed by atoms with Crippen LogP contribution in [0.3, 0.4) is 0 Å². The summed E-state index contributed by atoms with van der Waals surface area (Å²) in [5.74, 6) is -0.197. The van der Waals surface area contributed by atoms with Crippen LogP contribution in [0.25, 0.3) is 0 Å². The van der Waals surface area contributed by atoms with Gasteiger partial charge in [-0.15, -0.1) is 0 Å². The Morgan fingerprint density at radius 1 is 1.33 bits per heavy atom. The van der Waals surface area contributed by atoms with Gasteiger partial charge in [0.1, 0.15) is 5.82 Å². The van der Waals surface area contributed by atoms with Crippen LogP contribution in [0.15, 0.2) is 24.3 Å². The summed E-state index contributed by atoms with van der Waals surface area (Å²) in [4.78, 5) is 0. The van der Waals surface area contributed by atoms with Gasteiger partial charge in [-0.05, 0) is 17.7 Å². The van der Waals surface area contributed by atoms with E-state index < -0.39 is 0 Å². The molecule has 2 nitrogen and oxygen atoms in total. The Morgan fingerprint density at radius 2 is 2.08 bits per heavy atom. The van der Waals surface area contributed by atoms with Crippen molar-refractivity contribution in [2.75, 3.05) is 13.3 Å². The van der Waals surface area contributed by atoms with Gasteiger partial charge < -0.3 is 4.74 Å². The smallest absolute Gasteiger partial charge is 0.123 e. The molecule has 0 unspecified atom stereocenters. The van der Waals surface area contributed by atoms with Gasteiger partial charge in [0.15, 0.2) is 0 Å². The van der Waals surface area contributed by atoms with Crippen molar-refractivity contribution in [3.63, 3.8) is 0 Å². The maximum Gasteiger partial charge on any atom is 0.123 e. The molecule has 0 spiro atoms. The number of rotatable bonds is 1. The van der Waals surface area contributed by atoms with Gasteiger partial charge in [0.2, 0.25) is 0 Å². The highest BCUT2D eigenvalue weighted by Crippen LogP contribution is 2.16. The number of nitrogens with one attached hydrogen (secondary N) is 1. The van der Waals surface area contributed by atoms with Crippen LogP contribution in [0.2, 0.25) is 0 Å². The zero-order valence-corrected chi connectivity index (χ0v) is 6.59. The molecule has 0 radical (unpaired) electrons. The molecule has 1 aromatic rings. The molecule has 0 aliphatic carbocycles. The molecule has 2 rings (SSSR count). The number of benzene rings is 1. The molecule has 1 fully saturated rings. The van der Waals surface area contributed by atoms with Crippen LogP contribution in [0, 0.1) is 5.82 Å². The van der Waals surface area contributed by atoms with Crippen molar-refractivity contribution in [1.82, 2.24) is 5.32 Å². The molecule has 1 N–H and O–H groups in total. The second-order valence-corrected chi connectivity index (χ2v) is 2.82. The fraction of sp³-hybridized carbons (Fsp3) is 0.333. The Labute approximate surface area is 70.3 Å². The lowest BCUT2D eigenvalue weighted by Gasteiger charge is -2.07. The van der Waals surface area contributed by atoms with E-state index in [1.54, 1.807) is 12.1 Å². The van der Waals surface area contributed by atoms with Crippen molar-refractivity contribution in [1.29, 1.82) is 0 Å². The topological polar surface area (TPSA) is 21.3 Å². The largest absolute Gasteiger partial charge is 0.364 e. The molecule has 12 heavy (non-hydrogen) atoms. The number of hydrogen-bond donors (Lipinski definition) is 1. The fourth-order valence-corrected chi connectivity index (χ4v) is 1.30. The lowest BCUT2D eigenvalue weighted by Crippen LogP contribution is -2.14. The Hall–Kier alpha value is -0.930. The van der Waals surface area contributed by atoms with Gasteiger partial charge >= 0.3 is 0 Å². The highest BCUT2D eigenvalue weighted by molar-refractivity contribution is 5.20.